The van der Waals surface area contributed by atoms with Gasteiger partial charge >= 0.3 is 0 Å². The summed E-state index contributed by atoms with van der Waals surface area (Å²) in [5.41, 5.74) is 9.47. The van der Waals surface area contributed by atoms with Crippen LogP contribution in [0.3, 0.4) is 0 Å². The van der Waals surface area contributed by atoms with Crippen LogP contribution in [0, 0.1) is 0 Å². The van der Waals surface area contributed by atoms with E-state index in [-0.39, 0.29) is 17.3 Å². The zero-order valence-electron chi connectivity index (χ0n) is 15.9. The Labute approximate surface area is 171 Å². The molecule has 0 fully saturated rings. The van der Waals surface area contributed by atoms with Crippen LogP contribution < -0.4 is 11.2 Å². The molecule has 0 bridgehead atoms. The van der Waals surface area contributed by atoms with E-state index in [9.17, 15) is 4.79 Å². The summed E-state index contributed by atoms with van der Waals surface area (Å²) in [6.07, 6.45) is 1.45. The first-order valence-corrected chi connectivity index (χ1v) is 9.26. The fraction of sp³-hybridized carbons (Fsp3) is 0.294. The third-order valence-corrected chi connectivity index (χ3v) is 4.56. The Kier molecular flexibility index (Phi) is 6.52. The molecule has 0 atom stereocenters. The smallest absolute Gasteiger partial charge is 0.293 e. The molecule has 3 aromatic rings. The predicted octanol–water partition coefficient (Wildman–Crippen LogP) is 1.49. The fourth-order valence-corrected chi connectivity index (χ4v) is 2.76. The number of aromatic nitrogens is 5. The molecule has 0 aliphatic carbocycles. The molecular weight excluding hydrogens is 398 g/mol. The molecule has 0 aliphatic rings. The molecule has 12 heteroatoms. The highest BCUT2D eigenvalue weighted by Crippen LogP contribution is 2.17. The average molecular weight is 418 g/mol. The Bertz CT molecular complexity index is 1010. The molecule has 3 rings (SSSR count). The van der Waals surface area contributed by atoms with Gasteiger partial charge in [-0.15, -0.1) is 5.10 Å². The third kappa shape index (κ3) is 4.58. The van der Waals surface area contributed by atoms with Crippen LogP contribution in [0.15, 0.2) is 34.0 Å². The number of nitrogens with two attached hydrogens (primary N) is 1. The zero-order valence-corrected chi connectivity index (χ0v) is 16.7. The van der Waals surface area contributed by atoms with Gasteiger partial charge < -0.3 is 5.73 Å². The van der Waals surface area contributed by atoms with Gasteiger partial charge in [-0.2, -0.15) is 9.78 Å². The van der Waals surface area contributed by atoms with E-state index in [1.807, 2.05) is 19.9 Å². The number of hydrogen-bond donors (Lipinski definition) is 2. The number of carbonyl (C=O) groups is 1. The third-order valence-electron chi connectivity index (χ3n) is 4.22. The SMILES string of the molecule is CCN(CC)Cc1c(C(=O)N/N=C/c2ccccc2Cl)nnn1-c1nonc1N. The van der Waals surface area contributed by atoms with Gasteiger partial charge in [0.2, 0.25) is 11.6 Å². The van der Waals surface area contributed by atoms with E-state index >= 15 is 0 Å². The van der Waals surface area contributed by atoms with E-state index in [0.29, 0.717) is 22.8 Å². The number of carbonyl (C=O) groups excluding carboxylic acids is 1. The summed E-state index contributed by atoms with van der Waals surface area (Å²) >= 11 is 6.08. The summed E-state index contributed by atoms with van der Waals surface area (Å²) in [7, 11) is 0. The second-order valence-electron chi connectivity index (χ2n) is 5.95. The molecule has 0 aliphatic heterocycles. The number of amides is 1. The van der Waals surface area contributed by atoms with Gasteiger partial charge in [0.25, 0.3) is 5.91 Å². The number of halogens is 1. The van der Waals surface area contributed by atoms with Crippen molar-refractivity contribution in [1.82, 2.24) is 35.6 Å². The molecule has 1 aromatic carbocycles. The number of nitrogen functional groups attached to an aromatic ring is 1. The standard InChI is InChI=1S/C17H20ClN9O2/c1-3-26(4-2)10-13-14(21-25-27(13)16-15(19)23-29-24-16)17(28)22-20-9-11-7-5-6-8-12(11)18/h5-9H,3-4,10H2,1-2H3,(H2,19,23)(H,22,28)/b20-9+. The van der Waals surface area contributed by atoms with Crippen molar-refractivity contribution in [2.24, 2.45) is 5.10 Å². The average Bonchev–Trinajstić information content (AvgIpc) is 3.33. The van der Waals surface area contributed by atoms with Gasteiger partial charge in [0, 0.05) is 17.1 Å². The summed E-state index contributed by atoms with van der Waals surface area (Å²) in [5, 5.41) is 19.8. The maximum Gasteiger partial charge on any atom is 0.293 e. The molecule has 3 N–H and O–H groups in total. The summed E-state index contributed by atoms with van der Waals surface area (Å²) < 4.78 is 5.99. The first kappa shape index (κ1) is 20.4. The van der Waals surface area contributed by atoms with E-state index in [2.05, 4.69) is 40.7 Å². The Morgan fingerprint density at radius 2 is 2.10 bits per heavy atom. The van der Waals surface area contributed by atoms with Gasteiger partial charge in [-0.25, -0.2) is 10.1 Å². The number of anilines is 1. The van der Waals surface area contributed by atoms with Crippen molar-refractivity contribution >= 4 is 29.5 Å². The van der Waals surface area contributed by atoms with Crippen LogP contribution in [0.5, 0.6) is 0 Å². The topological polar surface area (TPSA) is 140 Å². The second kappa shape index (κ2) is 9.26. The molecule has 152 valence electrons. The lowest BCUT2D eigenvalue weighted by Gasteiger charge is -2.18. The molecule has 11 nitrogen and oxygen atoms in total. The number of hydrazone groups is 1. The largest absolute Gasteiger partial charge is 0.378 e. The molecule has 0 saturated heterocycles. The van der Waals surface area contributed by atoms with Crippen LogP contribution in [0.4, 0.5) is 5.82 Å². The molecule has 29 heavy (non-hydrogen) atoms. The molecular formula is C17H20ClN9O2. The highest BCUT2D eigenvalue weighted by Gasteiger charge is 2.24. The van der Waals surface area contributed by atoms with Crippen molar-refractivity contribution in [3.63, 3.8) is 0 Å². The first-order chi connectivity index (χ1) is 14.0. The number of nitrogens with zero attached hydrogens (tertiary/aromatic N) is 7. The monoisotopic (exact) mass is 417 g/mol. The minimum Gasteiger partial charge on any atom is -0.378 e. The number of hydrogen-bond acceptors (Lipinski definition) is 9. The minimum absolute atomic E-state index is 0.0411. The van der Waals surface area contributed by atoms with Gasteiger partial charge in [-0.1, -0.05) is 48.9 Å². The lowest BCUT2D eigenvalue weighted by molar-refractivity contribution is 0.0948. The number of nitrogens with one attached hydrogen (secondary N) is 1. The maximum absolute atomic E-state index is 12.7. The molecule has 2 aromatic heterocycles. The molecule has 0 unspecified atom stereocenters. The zero-order chi connectivity index (χ0) is 20.8. The maximum atomic E-state index is 12.7. The van der Waals surface area contributed by atoms with Crippen LogP contribution in [0.25, 0.3) is 5.82 Å². The predicted molar refractivity (Wildman–Crippen MR) is 107 cm³/mol. The fourth-order valence-electron chi connectivity index (χ4n) is 2.58. The van der Waals surface area contributed by atoms with Gasteiger partial charge in [-0.05, 0) is 29.5 Å². The Morgan fingerprint density at radius 3 is 2.76 bits per heavy atom. The van der Waals surface area contributed by atoms with E-state index < -0.39 is 5.91 Å². The Hall–Kier alpha value is -3.31. The van der Waals surface area contributed by atoms with Crippen molar-refractivity contribution < 1.29 is 9.42 Å². The second-order valence-corrected chi connectivity index (χ2v) is 6.36. The Morgan fingerprint density at radius 1 is 1.34 bits per heavy atom. The number of rotatable bonds is 8. The van der Waals surface area contributed by atoms with Crippen LogP contribution >= 0.6 is 11.6 Å². The van der Waals surface area contributed by atoms with Crippen molar-refractivity contribution in [2.75, 3.05) is 18.8 Å². The summed E-state index contributed by atoms with van der Waals surface area (Å²) in [4.78, 5) is 14.8. The summed E-state index contributed by atoms with van der Waals surface area (Å²) in [5.74, 6) is -0.325. The summed E-state index contributed by atoms with van der Waals surface area (Å²) in [6, 6.07) is 7.13. The van der Waals surface area contributed by atoms with E-state index in [1.54, 1.807) is 18.2 Å². The number of benzene rings is 1. The van der Waals surface area contributed by atoms with Crippen molar-refractivity contribution in [1.29, 1.82) is 0 Å². The molecule has 0 saturated carbocycles. The molecule has 0 radical (unpaired) electrons. The van der Waals surface area contributed by atoms with Crippen LogP contribution in [0.2, 0.25) is 5.02 Å². The van der Waals surface area contributed by atoms with Gasteiger partial charge in [0.1, 0.15) is 0 Å². The summed E-state index contributed by atoms with van der Waals surface area (Å²) in [6.45, 7) is 5.94. The highest BCUT2D eigenvalue weighted by atomic mass is 35.5. The van der Waals surface area contributed by atoms with Crippen molar-refractivity contribution in [3.05, 3.63) is 46.2 Å². The van der Waals surface area contributed by atoms with E-state index in [0.717, 1.165) is 13.1 Å². The van der Waals surface area contributed by atoms with E-state index in [4.69, 9.17) is 17.3 Å². The van der Waals surface area contributed by atoms with Crippen LogP contribution in [-0.4, -0.2) is 55.4 Å². The first-order valence-electron chi connectivity index (χ1n) is 8.88. The molecule has 0 spiro atoms. The van der Waals surface area contributed by atoms with Crippen LogP contribution in [0.1, 0.15) is 35.6 Å². The normalized spacial score (nSPS) is 11.4. The van der Waals surface area contributed by atoms with Crippen LogP contribution in [-0.2, 0) is 6.54 Å². The van der Waals surface area contributed by atoms with Gasteiger partial charge in [-0.3, -0.25) is 9.69 Å². The Balaban J connectivity index is 1.87. The van der Waals surface area contributed by atoms with Crippen molar-refractivity contribution in [2.45, 2.75) is 20.4 Å². The highest BCUT2D eigenvalue weighted by molar-refractivity contribution is 6.33. The van der Waals surface area contributed by atoms with E-state index in [1.165, 1.54) is 10.9 Å². The lowest BCUT2D eigenvalue weighted by atomic mass is 10.2. The van der Waals surface area contributed by atoms with Crippen molar-refractivity contribution in [3.8, 4) is 5.82 Å². The quantitative estimate of drug-likeness (QED) is 0.415. The minimum atomic E-state index is -0.531. The van der Waals surface area contributed by atoms with Gasteiger partial charge in [0.05, 0.1) is 11.9 Å². The lowest BCUT2D eigenvalue weighted by Crippen LogP contribution is -2.27. The van der Waals surface area contributed by atoms with Gasteiger partial charge in [0.15, 0.2) is 5.69 Å². The molecule has 2 heterocycles. The molecule has 1 amide bonds.